The molecule has 2 heteroatoms. The SMILES string of the molecule is CCC/C=C(\CC)O[C]=O. The first-order valence-electron chi connectivity index (χ1n) is 3.58. The molecule has 0 saturated carbocycles. The Morgan fingerprint density at radius 1 is 1.60 bits per heavy atom. The van der Waals surface area contributed by atoms with E-state index in [4.69, 9.17) is 0 Å². The molecule has 1 radical (unpaired) electrons. The van der Waals surface area contributed by atoms with Crippen molar-refractivity contribution in [2.75, 3.05) is 0 Å². The number of hydrogen-bond acceptors (Lipinski definition) is 2. The maximum Gasteiger partial charge on any atom is 0.422 e. The zero-order chi connectivity index (χ0) is 7.82. The lowest BCUT2D eigenvalue weighted by Gasteiger charge is -1.97. The fourth-order valence-corrected chi connectivity index (χ4v) is 0.617. The normalized spacial score (nSPS) is 11.2. The predicted octanol–water partition coefficient (Wildman–Crippen LogP) is 2.16. The van der Waals surface area contributed by atoms with Crippen LogP contribution in [0.15, 0.2) is 11.8 Å². The molecule has 0 heterocycles. The van der Waals surface area contributed by atoms with Crippen LogP contribution in [0.1, 0.15) is 33.1 Å². The summed E-state index contributed by atoms with van der Waals surface area (Å²) in [4.78, 5) is 9.75. The smallest absolute Gasteiger partial charge is 0.422 e. The van der Waals surface area contributed by atoms with Crippen LogP contribution in [0.3, 0.4) is 0 Å². The van der Waals surface area contributed by atoms with E-state index in [0.29, 0.717) is 0 Å². The lowest BCUT2D eigenvalue weighted by atomic mass is 10.2. The molecule has 0 rings (SSSR count). The minimum absolute atomic E-state index is 0.719. The first-order chi connectivity index (χ1) is 4.85. The number of allylic oxidation sites excluding steroid dienone is 2. The summed E-state index contributed by atoms with van der Waals surface area (Å²) in [6.07, 6.45) is 4.72. The topological polar surface area (TPSA) is 26.3 Å². The van der Waals surface area contributed by atoms with Gasteiger partial charge in [0, 0.05) is 6.42 Å². The molecule has 0 aliphatic carbocycles. The third-order valence-corrected chi connectivity index (χ3v) is 1.18. The molecule has 57 valence electrons. The van der Waals surface area contributed by atoms with Crippen LogP contribution < -0.4 is 0 Å². The van der Waals surface area contributed by atoms with Crippen molar-refractivity contribution in [1.82, 2.24) is 0 Å². The second-order valence-corrected chi connectivity index (χ2v) is 2.00. The van der Waals surface area contributed by atoms with Gasteiger partial charge in [0.1, 0.15) is 5.76 Å². The van der Waals surface area contributed by atoms with E-state index in [9.17, 15) is 4.79 Å². The lowest BCUT2D eigenvalue weighted by Crippen LogP contribution is -1.87. The minimum Gasteiger partial charge on any atom is -0.423 e. The molecule has 0 fully saturated rings. The van der Waals surface area contributed by atoms with Crippen LogP contribution in [0.4, 0.5) is 0 Å². The summed E-state index contributed by atoms with van der Waals surface area (Å²) in [6.45, 7) is 5.43. The first-order valence-corrected chi connectivity index (χ1v) is 3.58. The number of rotatable bonds is 5. The zero-order valence-corrected chi connectivity index (χ0v) is 6.52. The van der Waals surface area contributed by atoms with Gasteiger partial charge in [-0.15, -0.1) is 0 Å². The maximum absolute atomic E-state index is 9.75. The lowest BCUT2D eigenvalue weighted by molar-refractivity contribution is 0.350. The van der Waals surface area contributed by atoms with Gasteiger partial charge in [-0.25, -0.2) is 4.79 Å². The van der Waals surface area contributed by atoms with E-state index >= 15 is 0 Å². The van der Waals surface area contributed by atoms with Crippen molar-refractivity contribution in [2.45, 2.75) is 33.1 Å². The van der Waals surface area contributed by atoms with Crippen molar-refractivity contribution < 1.29 is 9.53 Å². The van der Waals surface area contributed by atoms with Gasteiger partial charge in [0.05, 0.1) is 0 Å². The summed E-state index contributed by atoms with van der Waals surface area (Å²) >= 11 is 0. The zero-order valence-electron chi connectivity index (χ0n) is 6.52. The Morgan fingerprint density at radius 2 is 2.30 bits per heavy atom. The Morgan fingerprint density at radius 3 is 2.70 bits per heavy atom. The molecule has 0 aliphatic heterocycles. The molecule has 0 spiro atoms. The molecular weight excluding hydrogens is 128 g/mol. The molecule has 0 unspecified atom stereocenters. The quantitative estimate of drug-likeness (QED) is 0.548. The number of unbranched alkanes of at least 4 members (excludes halogenated alkanes) is 1. The highest BCUT2D eigenvalue weighted by Crippen LogP contribution is 2.03. The van der Waals surface area contributed by atoms with Crippen LogP contribution in [0.25, 0.3) is 0 Å². The molecule has 0 atom stereocenters. The fourth-order valence-electron chi connectivity index (χ4n) is 0.617. The average molecular weight is 141 g/mol. The van der Waals surface area contributed by atoms with Crippen molar-refractivity contribution in [3.05, 3.63) is 11.8 Å². The highest BCUT2D eigenvalue weighted by atomic mass is 16.5. The molecule has 0 aromatic heterocycles. The molecule has 0 saturated heterocycles. The minimum atomic E-state index is 0.719. The highest BCUT2D eigenvalue weighted by molar-refractivity contribution is 5.40. The van der Waals surface area contributed by atoms with Gasteiger partial charge in [0.2, 0.25) is 0 Å². The van der Waals surface area contributed by atoms with Crippen LogP contribution in [-0.4, -0.2) is 6.47 Å². The largest absolute Gasteiger partial charge is 0.423 e. The van der Waals surface area contributed by atoms with Gasteiger partial charge in [0.15, 0.2) is 0 Å². The van der Waals surface area contributed by atoms with Crippen LogP contribution in [0, 0.1) is 0 Å². The Kier molecular flexibility index (Phi) is 5.83. The molecule has 0 aromatic rings. The second-order valence-electron chi connectivity index (χ2n) is 2.00. The third kappa shape index (κ3) is 4.13. The van der Waals surface area contributed by atoms with E-state index < -0.39 is 0 Å². The van der Waals surface area contributed by atoms with E-state index in [-0.39, 0.29) is 0 Å². The Hall–Kier alpha value is -0.790. The van der Waals surface area contributed by atoms with Crippen LogP contribution >= 0.6 is 0 Å². The molecule has 0 amide bonds. The van der Waals surface area contributed by atoms with Gasteiger partial charge >= 0.3 is 6.47 Å². The second kappa shape index (κ2) is 6.33. The Balaban J connectivity index is 3.65. The molecule has 0 aliphatic rings. The monoisotopic (exact) mass is 141 g/mol. The van der Waals surface area contributed by atoms with Crippen molar-refractivity contribution in [3.8, 4) is 0 Å². The summed E-state index contributed by atoms with van der Waals surface area (Å²) < 4.78 is 4.55. The third-order valence-electron chi connectivity index (χ3n) is 1.18. The van der Waals surface area contributed by atoms with E-state index in [2.05, 4.69) is 11.7 Å². The van der Waals surface area contributed by atoms with Gasteiger partial charge < -0.3 is 4.74 Å². The fraction of sp³-hybridized carbons (Fsp3) is 0.625. The van der Waals surface area contributed by atoms with E-state index in [1.165, 1.54) is 6.47 Å². The van der Waals surface area contributed by atoms with Gasteiger partial charge in [-0.3, -0.25) is 0 Å². The van der Waals surface area contributed by atoms with Crippen molar-refractivity contribution >= 4 is 6.47 Å². The van der Waals surface area contributed by atoms with Crippen LogP contribution in [0.5, 0.6) is 0 Å². The molecule has 0 aromatic carbocycles. The van der Waals surface area contributed by atoms with Crippen molar-refractivity contribution in [2.24, 2.45) is 0 Å². The molecule has 0 N–H and O–H groups in total. The molecular formula is C8H13O2. The van der Waals surface area contributed by atoms with Gasteiger partial charge in [-0.05, 0) is 12.5 Å². The summed E-state index contributed by atoms with van der Waals surface area (Å²) in [7, 11) is 0. The summed E-state index contributed by atoms with van der Waals surface area (Å²) in [5, 5.41) is 0. The van der Waals surface area contributed by atoms with Crippen LogP contribution in [0.2, 0.25) is 0 Å². The number of carbonyl (C=O) groups excluding carboxylic acids is 1. The molecule has 0 bridgehead atoms. The molecule has 2 nitrogen and oxygen atoms in total. The maximum atomic E-state index is 9.75. The van der Waals surface area contributed by atoms with E-state index in [0.717, 1.165) is 25.0 Å². The first kappa shape index (κ1) is 9.21. The standard InChI is InChI=1S/C8H13O2/c1-3-5-6-8(4-2)10-7-9/h6H,3-5H2,1-2H3/b8-6+. The molecule has 10 heavy (non-hydrogen) atoms. The summed E-state index contributed by atoms with van der Waals surface area (Å²) in [6, 6.07) is 0. The van der Waals surface area contributed by atoms with Crippen molar-refractivity contribution in [1.29, 1.82) is 0 Å². The highest BCUT2D eigenvalue weighted by Gasteiger charge is 1.91. The summed E-state index contributed by atoms with van der Waals surface area (Å²) in [5.74, 6) is 0.719. The van der Waals surface area contributed by atoms with Crippen molar-refractivity contribution in [3.63, 3.8) is 0 Å². The summed E-state index contributed by atoms with van der Waals surface area (Å²) in [5.41, 5.74) is 0. The number of ether oxygens (including phenoxy) is 1. The van der Waals surface area contributed by atoms with E-state index in [1.807, 2.05) is 13.0 Å². The number of hydrogen-bond donors (Lipinski definition) is 0. The Bertz CT molecular complexity index is 116. The average Bonchev–Trinajstić information content (AvgIpc) is 1.98. The van der Waals surface area contributed by atoms with Gasteiger partial charge in [-0.1, -0.05) is 20.3 Å². The van der Waals surface area contributed by atoms with Gasteiger partial charge in [0.25, 0.3) is 0 Å². The van der Waals surface area contributed by atoms with Crippen LogP contribution in [-0.2, 0) is 9.53 Å². The Labute approximate surface area is 61.9 Å². The van der Waals surface area contributed by atoms with E-state index in [1.54, 1.807) is 0 Å². The predicted molar refractivity (Wildman–Crippen MR) is 40.1 cm³/mol. The van der Waals surface area contributed by atoms with Gasteiger partial charge in [-0.2, -0.15) is 0 Å².